The maximum Gasteiger partial charge on any atom is 0.203 e. The molecular weight excluding hydrogens is 268 g/mol. The Kier molecular flexibility index (Phi) is 3.98. The average molecular weight is 292 g/mol. The molecule has 3 unspecified atom stereocenters. The molecule has 0 heterocycles. The SMILES string of the molecule is COc1ccc(C(O)C2C3CCCCC32)c(OC)c1OC. The van der Waals surface area contributed by atoms with E-state index >= 15 is 0 Å². The third-order valence-electron chi connectivity index (χ3n) is 5.14. The van der Waals surface area contributed by atoms with Crippen molar-refractivity contribution in [3.8, 4) is 17.2 Å². The Labute approximate surface area is 126 Å². The van der Waals surface area contributed by atoms with E-state index in [1.54, 1.807) is 21.3 Å². The summed E-state index contributed by atoms with van der Waals surface area (Å²) in [5, 5.41) is 10.8. The molecule has 0 aliphatic heterocycles. The molecule has 116 valence electrons. The number of aliphatic hydroxyl groups excluding tert-OH is 1. The van der Waals surface area contributed by atoms with Gasteiger partial charge in [-0.25, -0.2) is 0 Å². The number of ether oxygens (including phenoxy) is 3. The first kappa shape index (κ1) is 14.5. The van der Waals surface area contributed by atoms with E-state index in [2.05, 4.69) is 0 Å². The molecule has 4 heteroatoms. The molecule has 0 saturated heterocycles. The largest absolute Gasteiger partial charge is 0.493 e. The second kappa shape index (κ2) is 5.76. The zero-order valence-electron chi connectivity index (χ0n) is 13.0. The van der Waals surface area contributed by atoms with Crippen LogP contribution in [0.25, 0.3) is 0 Å². The fraction of sp³-hybridized carbons (Fsp3) is 0.647. The zero-order valence-corrected chi connectivity index (χ0v) is 13.0. The van der Waals surface area contributed by atoms with Gasteiger partial charge in [-0.15, -0.1) is 0 Å². The van der Waals surface area contributed by atoms with Crippen LogP contribution in [0.2, 0.25) is 0 Å². The minimum atomic E-state index is -0.479. The van der Waals surface area contributed by atoms with Crippen molar-refractivity contribution < 1.29 is 19.3 Å². The number of benzene rings is 1. The molecule has 4 nitrogen and oxygen atoms in total. The predicted molar refractivity (Wildman–Crippen MR) is 80.0 cm³/mol. The standard InChI is InChI=1S/C17H24O4/c1-19-13-9-8-12(16(20-2)17(13)21-3)15(18)14-10-6-4-5-7-11(10)14/h8-11,14-15,18H,4-7H2,1-3H3. The van der Waals surface area contributed by atoms with Crippen LogP contribution < -0.4 is 14.2 Å². The molecule has 1 aromatic rings. The van der Waals surface area contributed by atoms with Gasteiger partial charge in [-0.3, -0.25) is 0 Å². The van der Waals surface area contributed by atoms with E-state index in [1.807, 2.05) is 12.1 Å². The lowest BCUT2D eigenvalue weighted by molar-refractivity contribution is 0.137. The number of hydrogen-bond donors (Lipinski definition) is 1. The first-order chi connectivity index (χ1) is 10.2. The van der Waals surface area contributed by atoms with Crippen LogP contribution in [0.15, 0.2) is 12.1 Å². The Balaban J connectivity index is 1.91. The van der Waals surface area contributed by atoms with Gasteiger partial charge in [0.2, 0.25) is 5.75 Å². The highest BCUT2D eigenvalue weighted by atomic mass is 16.5. The molecule has 1 N–H and O–H groups in total. The Morgan fingerprint density at radius 3 is 2.10 bits per heavy atom. The van der Waals surface area contributed by atoms with Gasteiger partial charge in [0.1, 0.15) is 0 Å². The van der Waals surface area contributed by atoms with Crippen LogP contribution in [0.1, 0.15) is 37.4 Å². The van der Waals surface area contributed by atoms with Crippen molar-refractivity contribution in [2.45, 2.75) is 31.8 Å². The van der Waals surface area contributed by atoms with Crippen molar-refractivity contribution in [3.05, 3.63) is 17.7 Å². The molecule has 2 saturated carbocycles. The van der Waals surface area contributed by atoms with Crippen molar-refractivity contribution in [2.75, 3.05) is 21.3 Å². The van der Waals surface area contributed by atoms with Crippen LogP contribution in [0, 0.1) is 17.8 Å². The maximum atomic E-state index is 10.8. The fourth-order valence-corrected chi connectivity index (χ4v) is 4.08. The third kappa shape index (κ3) is 2.35. The average Bonchev–Trinajstić information content (AvgIpc) is 3.26. The first-order valence-electron chi connectivity index (χ1n) is 7.69. The molecule has 1 aromatic carbocycles. The number of rotatable bonds is 5. The van der Waals surface area contributed by atoms with E-state index in [4.69, 9.17) is 14.2 Å². The number of hydrogen-bond acceptors (Lipinski definition) is 4. The summed E-state index contributed by atoms with van der Waals surface area (Å²) < 4.78 is 16.2. The summed E-state index contributed by atoms with van der Waals surface area (Å²) >= 11 is 0. The lowest BCUT2D eigenvalue weighted by Crippen LogP contribution is -2.06. The van der Waals surface area contributed by atoms with Crippen LogP contribution in [-0.4, -0.2) is 26.4 Å². The van der Waals surface area contributed by atoms with Gasteiger partial charge in [0.15, 0.2) is 11.5 Å². The molecule has 0 aromatic heterocycles. The van der Waals surface area contributed by atoms with Gasteiger partial charge in [0.25, 0.3) is 0 Å². The predicted octanol–water partition coefficient (Wildman–Crippen LogP) is 3.18. The lowest BCUT2D eigenvalue weighted by atomic mass is 10.0. The molecule has 0 amide bonds. The minimum Gasteiger partial charge on any atom is -0.493 e. The highest BCUT2D eigenvalue weighted by molar-refractivity contribution is 5.56. The number of aliphatic hydroxyl groups is 1. The molecule has 3 rings (SSSR count). The summed E-state index contributed by atoms with van der Waals surface area (Å²) in [5.41, 5.74) is 0.814. The van der Waals surface area contributed by atoms with Crippen LogP contribution in [0.3, 0.4) is 0 Å². The van der Waals surface area contributed by atoms with E-state index in [9.17, 15) is 5.11 Å². The Morgan fingerprint density at radius 1 is 0.952 bits per heavy atom. The van der Waals surface area contributed by atoms with E-state index in [0.717, 1.165) is 5.56 Å². The second-order valence-corrected chi connectivity index (χ2v) is 6.06. The van der Waals surface area contributed by atoms with Crippen LogP contribution in [0.4, 0.5) is 0 Å². The van der Waals surface area contributed by atoms with Crippen molar-refractivity contribution in [1.82, 2.24) is 0 Å². The van der Waals surface area contributed by atoms with Gasteiger partial charge in [-0.05, 0) is 42.7 Å². The minimum absolute atomic E-state index is 0.375. The van der Waals surface area contributed by atoms with Gasteiger partial charge in [0.05, 0.1) is 27.4 Å². The van der Waals surface area contributed by atoms with Gasteiger partial charge in [-0.2, -0.15) is 0 Å². The Morgan fingerprint density at radius 2 is 1.57 bits per heavy atom. The summed E-state index contributed by atoms with van der Waals surface area (Å²) in [6.07, 6.45) is 4.62. The smallest absolute Gasteiger partial charge is 0.203 e. The maximum absolute atomic E-state index is 10.8. The van der Waals surface area contributed by atoms with Gasteiger partial charge >= 0.3 is 0 Å². The van der Waals surface area contributed by atoms with Crippen molar-refractivity contribution in [3.63, 3.8) is 0 Å². The Hall–Kier alpha value is -1.42. The second-order valence-electron chi connectivity index (χ2n) is 6.06. The highest BCUT2D eigenvalue weighted by Gasteiger charge is 2.54. The van der Waals surface area contributed by atoms with Crippen LogP contribution >= 0.6 is 0 Å². The van der Waals surface area contributed by atoms with E-state index in [0.29, 0.717) is 35.0 Å². The Bertz CT molecular complexity index is 502. The van der Waals surface area contributed by atoms with E-state index in [-0.39, 0.29) is 0 Å². The fourth-order valence-electron chi connectivity index (χ4n) is 4.08. The van der Waals surface area contributed by atoms with Crippen molar-refractivity contribution in [1.29, 1.82) is 0 Å². The van der Waals surface area contributed by atoms with Crippen LogP contribution in [-0.2, 0) is 0 Å². The molecule has 21 heavy (non-hydrogen) atoms. The van der Waals surface area contributed by atoms with Crippen LogP contribution in [0.5, 0.6) is 17.2 Å². The topological polar surface area (TPSA) is 47.9 Å². The van der Waals surface area contributed by atoms with Gasteiger partial charge in [0, 0.05) is 5.56 Å². The first-order valence-corrected chi connectivity index (χ1v) is 7.69. The van der Waals surface area contributed by atoms with Crippen molar-refractivity contribution in [2.24, 2.45) is 17.8 Å². The number of methoxy groups -OCH3 is 3. The molecule has 0 radical (unpaired) electrons. The monoisotopic (exact) mass is 292 g/mol. The molecule has 2 aliphatic carbocycles. The lowest BCUT2D eigenvalue weighted by Gasteiger charge is -2.19. The third-order valence-corrected chi connectivity index (χ3v) is 5.14. The van der Waals surface area contributed by atoms with Gasteiger partial charge in [-0.1, -0.05) is 12.8 Å². The molecular formula is C17H24O4. The molecule has 3 atom stereocenters. The normalized spacial score (nSPS) is 28.5. The summed E-state index contributed by atoms with van der Waals surface area (Å²) in [6.45, 7) is 0. The summed E-state index contributed by atoms with van der Waals surface area (Å²) in [6, 6.07) is 3.74. The van der Waals surface area contributed by atoms with Gasteiger partial charge < -0.3 is 19.3 Å². The summed E-state index contributed by atoms with van der Waals surface area (Å²) in [5.74, 6) is 3.52. The summed E-state index contributed by atoms with van der Waals surface area (Å²) in [4.78, 5) is 0. The zero-order chi connectivity index (χ0) is 15.0. The quantitative estimate of drug-likeness (QED) is 0.905. The van der Waals surface area contributed by atoms with E-state index in [1.165, 1.54) is 25.7 Å². The summed E-state index contributed by atoms with van der Waals surface area (Å²) in [7, 11) is 4.80. The molecule has 0 spiro atoms. The molecule has 2 fully saturated rings. The number of fused-ring (bicyclic) bond motifs is 1. The molecule has 2 aliphatic rings. The van der Waals surface area contributed by atoms with Crippen molar-refractivity contribution >= 4 is 0 Å². The van der Waals surface area contributed by atoms with E-state index < -0.39 is 6.10 Å². The molecule has 0 bridgehead atoms. The highest BCUT2D eigenvalue weighted by Crippen LogP contribution is 2.61.